The van der Waals surface area contributed by atoms with Gasteiger partial charge in [-0.15, -0.1) is 11.3 Å². The standard InChI is InChI=1S/C16H12N4S/c1-2-5-12(6-3-1)14-15(19-11-18-14)13-7-4-9-20(13)16-17-8-10-21-16/h1-11H,(H,18,19). The van der Waals surface area contributed by atoms with Gasteiger partial charge in [-0.2, -0.15) is 0 Å². The predicted octanol–water partition coefficient (Wildman–Crippen LogP) is 3.99. The Labute approximate surface area is 125 Å². The Bertz CT molecular complexity index is 843. The molecule has 0 aliphatic carbocycles. The predicted molar refractivity (Wildman–Crippen MR) is 84.5 cm³/mol. The van der Waals surface area contributed by atoms with Crippen molar-refractivity contribution in [3.05, 3.63) is 66.6 Å². The van der Waals surface area contributed by atoms with Gasteiger partial charge in [-0.05, 0) is 12.1 Å². The van der Waals surface area contributed by atoms with Gasteiger partial charge in [0.2, 0.25) is 0 Å². The maximum Gasteiger partial charge on any atom is 0.194 e. The maximum atomic E-state index is 4.48. The number of nitrogens with zero attached hydrogens (tertiary/aromatic N) is 3. The lowest BCUT2D eigenvalue weighted by molar-refractivity contribution is 1.05. The highest BCUT2D eigenvalue weighted by molar-refractivity contribution is 7.12. The molecule has 102 valence electrons. The third-order valence-electron chi connectivity index (χ3n) is 3.32. The molecule has 4 aromatic rings. The molecule has 0 amide bonds. The van der Waals surface area contributed by atoms with Crippen molar-refractivity contribution in [1.82, 2.24) is 19.5 Å². The summed E-state index contributed by atoms with van der Waals surface area (Å²) < 4.78 is 2.07. The number of hydrogen-bond acceptors (Lipinski definition) is 3. The minimum Gasteiger partial charge on any atom is -0.343 e. The molecule has 3 aromatic heterocycles. The van der Waals surface area contributed by atoms with Crippen LogP contribution in [0.4, 0.5) is 0 Å². The molecule has 1 N–H and O–H groups in total. The fraction of sp³-hybridized carbons (Fsp3) is 0. The van der Waals surface area contributed by atoms with Crippen LogP contribution in [-0.4, -0.2) is 19.5 Å². The van der Waals surface area contributed by atoms with E-state index in [1.165, 1.54) is 0 Å². The van der Waals surface area contributed by atoms with Gasteiger partial charge in [-0.25, -0.2) is 9.97 Å². The second-order valence-electron chi connectivity index (χ2n) is 4.57. The fourth-order valence-corrected chi connectivity index (χ4v) is 3.03. The largest absolute Gasteiger partial charge is 0.343 e. The Morgan fingerprint density at radius 1 is 1.00 bits per heavy atom. The summed E-state index contributed by atoms with van der Waals surface area (Å²) in [5.74, 6) is 0. The SMILES string of the molecule is c1ccc(-c2nc[nH]c2-c2cccn2-c2nccs2)cc1. The lowest BCUT2D eigenvalue weighted by Crippen LogP contribution is -1.95. The van der Waals surface area contributed by atoms with Gasteiger partial charge in [0.05, 0.1) is 23.4 Å². The lowest BCUT2D eigenvalue weighted by atomic mass is 10.1. The number of aromatic amines is 1. The molecule has 0 aliphatic heterocycles. The normalized spacial score (nSPS) is 10.9. The van der Waals surface area contributed by atoms with Crippen molar-refractivity contribution < 1.29 is 0 Å². The maximum absolute atomic E-state index is 4.48. The zero-order valence-electron chi connectivity index (χ0n) is 11.1. The van der Waals surface area contributed by atoms with Crippen LogP contribution in [-0.2, 0) is 0 Å². The van der Waals surface area contributed by atoms with E-state index in [1.54, 1.807) is 17.7 Å². The zero-order chi connectivity index (χ0) is 14.1. The molecule has 0 unspecified atom stereocenters. The van der Waals surface area contributed by atoms with Crippen LogP contribution in [0.2, 0.25) is 0 Å². The number of rotatable bonds is 3. The third kappa shape index (κ3) is 2.08. The van der Waals surface area contributed by atoms with E-state index >= 15 is 0 Å². The first-order chi connectivity index (χ1) is 10.4. The van der Waals surface area contributed by atoms with E-state index in [1.807, 2.05) is 42.0 Å². The molecule has 0 radical (unpaired) electrons. The van der Waals surface area contributed by atoms with Crippen molar-refractivity contribution in [2.24, 2.45) is 0 Å². The van der Waals surface area contributed by atoms with Gasteiger partial charge >= 0.3 is 0 Å². The van der Waals surface area contributed by atoms with Gasteiger partial charge in [0.1, 0.15) is 0 Å². The number of aromatic nitrogens is 4. The monoisotopic (exact) mass is 292 g/mol. The van der Waals surface area contributed by atoms with Crippen LogP contribution in [0.15, 0.2) is 66.6 Å². The van der Waals surface area contributed by atoms with E-state index in [-0.39, 0.29) is 0 Å². The number of thiazole rings is 1. The Kier molecular flexibility index (Phi) is 2.90. The topological polar surface area (TPSA) is 46.5 Å². The third-order valence-corrected chi connectivity index (χ3v) is 4.09. The number of H-pyrrole nitrogens is 1. The van der Waals surface area contributed by atoms with Crippen LogP contribution in [0, 0.1) is 0 Å². The summed E-state index contributed by atoms with van der Waals surface area (Å²) in [6.07, 6.45) is 5.56. The molecule has 3 heterocycles. The highest BCUT2D eigenvalue weighted by Crippen LogP contribution is 2.31. The summed E-state index contributed by atoms with van der Waals surface area (Å²) in [4.78, 5) is 12.1. The number of imidazole rings is 1. The highest BCUT2D eigenvalue weighted by Gasteiger charge is 2.14. The molecule has 0 spiro atoms. The minimum atomic E-state index is 0.948. The number of nitrogens with one attached hydrogen (secondary N) is 1. The van der Waals surface area contributed by atoms with Crippen molar-refractivity contribution in [2.75, 3.05) is 0 Å². The van der Waals surface area contributed by atoms with Crippen molar-refractivity contribution in [3.8, 4) is 27.8 Å². The Morgan fingerprint density at radius 3 is 2.71 bits per heavy atom. The molecule has 5 heteroatoms. The van der Waals surface area contributed by atoms with Gasteiger partial charge < -0.3 is 4.98 Å². The van der Waals surface area contributed by atoms with Crippen molar-refractivity contribution in [3.63, 3.8) is 0 Å². The molecule has 4 nitrogen and oxygen atoms in total. The van der Waals surface area contributed by atoms with Gasteiger partial charge in [0.15, 0.2) is 5.13 Å². The van der Waals surface area contributed by atoms with Gasteiger partial charge in [0.25, 0.3) is 0 Å². The quantitative estimate of drug-likeness (QED) is 0.620. The summed E-state index contributed by atoms with van der Waals surface area (Å²) >= 11 is 1.61. The summed E-state index contributed by atoms with van der Waals surface area (Å²) in [5.41, 5.74) is 4.11. The first-order valence-electron chi connectivity index (χ1n) is 6.60. The smallest absolute Gasteiger partial charge is 0.194 e. The average Bonchev–Trinajstić information content (AvgIpc) is 3.27. The Balaban J connectivity index is 1.87. The van der Waals surface area contributed by atoms with Crippen molar-refractivity contribution in [1.29, 1.82) is 0 Å². The molecular weight excluding hydrogens is 280 g/mol. The molecule has 0 saturated heterocycles. The number of benzene rings is 1. The summed E-state index contributed by atoms with van der Waals surface area (Å²) in [5, 5.41) is 2.92. The summed E-state index contributed by atoms with van der Waals surface area (Å²) in [7, 11) is 0. The van der Waals surface area contributed by atoms with E-state index in [0.29, 0.717) is 0 Å². The average molecular weight is 292 g/mol. The molecule has 0 atom stereocenters. The first kappa shape index (κ1) is 12.1. The molecule has 4 rings (SSSR count). The van der Waals surface area contributed by atoms with Crippen LogP contribution < -0.4 is 0 Å². The van der Waals surface area contributed by atoms with E-state index in [2.05, 4.69) is 37.7 Å². The molecular formula is C16H12N4S. The van der Waals surface area contributed by atoms with Crippen LogP contribution in [0.1, 0.15) is 0 Å². The van der Waals surface area contributed by atoms with Crippen LogP contribution >= 0.6 is 11.3 Å². The van der Waals surface area contributed by atoms with E-state index in [0.717, 1.165) is 27.8 Å². The molecule has 0 bridgehead atoms. The molecule has 0 aliphatic rings. The highest BCUT2D eigenvalue weighted by atomic mass is 32.1. The van der Waals surface area contributed by atoms with Crippen LogP contribution in [0.5, 0.6) is 0 Å². The van der Waals surface area contributed by atoms with Crippen LogP contribution in [0.25, 0.3) is 27.8 Å². The lowest BCUT2D eigenvalue weighted by Gasteiger charge is -2.06. The second kappa shape index (κ2) is 5.03. The Hall–Kier alpha value is -2.66. The van der Waals surface area contributed by atoms with E-state index in [4.69, 9.17) is 0 Å². The summed E-state index contributed by atoms with van der Waals surface area (Å²) in [6.45, 7) is 0. The molecule has 21 heavy (non-hydrogen) atoms. The van der Waals surface area contributed by atoms with E-state index < -0.39 is 0 Å². The van der Waals surface area contributed by atoms with Gasteiger partial charge in [-0.1, -0.05) is 30.3 Å². The van der Waals surface area contributed by atoms with Gasteiger partial charge in [-0.3, -0.25) is 4.57 Å². The molecule has 1 aromatic carbocycles. The van der Waals surface area contributed by atoms with Gasteiger partial charge in [0, 0.05) is 23.3 Å². The first-order valence-corrected chi connectivity index (χ1v) is 7.48. The van der Waals surface area contributed by atoms with Crippen molar-refractivity contribution in [2.45, 2.75) is 0 Å². The molecule has 0 fully saturated rings. The Morgan fingerprint density at radius 2 is 1.90 bits per heavy atom. The zero-order valence-corrected chi connectivity index (χ0v) is 11.9. The second-order valence-corrected chi connectivity index (χ2v) is 5.44. The minimum absolute atomic E-state index is 0.948. The fourth-order valence-electron chi connectivity index (χ4n) is 2.39. The summed E-state index contributed by atoms with van der Waals surface area (Å²) in [6, 6.07) is 14.3. The molecule has 0 saturated carbocycles. The van der Waals surface area contributed by atoms with E-state index in [9.17, 15) is 0 Å². The van der Waals surface area contributed by atoms with Crippen molar-refractivity contribution >= 4 is 11.3 Å². The van der Waals surface area contributed by atoms with Crippen LogP contribution in [0.3, 0.4) is 0 Å². The number of hydrogen-bond donors (Lipinski definition) is 1.